The zero-order chi connectivity index (χ0) is 29.1. The summed E-state index contributed by atoms with van der Waals surface area (Å²) < 4.78 is 17.2. The minimum atomic E-state index is -0.886. The number of hydrogen-bond acceptors (Lipinski definition) is 6. The number of aliphatic hydroxyl groups is 1. The molecule has 3 aromatic rings. The fraction of sp³-hybridized carbons (Fsp3) is 0.333. The van der Waals surface area contributed by atoms with Gasteiger partial charge in [0.05, 0.1) is 31.9 Å². The van der Waals surface area contributed by atoms with Gasteiger partial charge < -0.3 is 19.3 Å². The van der Waals surface area contributed by atoms with E-state index in [1.54, 1.807) is 43.5 Å². The Morgan fingerprint density at radius 2 is 1.57 bits per heavy atom. The minimum Gasteiger partial charge on any atom is -0.507 e. The van der Waals surface area contributed by atoms with Gasteiger partial charge in [0.25, 0.3) is 11.7 Å². The number of anilines is 1. The summed E-state index contributed by atoms with van der Waals surface area (Å²) in [5.41, 5.74) is 4.33. The monoisotopic (exact) mass is 543 g/mol. The molecule has 0 radical (unpaired) electrons. The molecule has 0 aromatic heterocycles. The second-order valence-electron chi connectivity index (χ2n) is 10.5. The topological polar surface area (TPSA) is 85.3 Å². The molecule has 1 heterocycles. The normalized spacial score (nSPS) is 16.5. The summed E-state index contributed by atoms with van der Waals surface area (Å²) in [5, 5.41) is 11.6. The highest BCUT2D eigenvalue weighted by Crippen LogP contribution is 2.44. The molecule has 0 spiro atoms. The lowest BCUT2D eigenvalue weighted by atomic mass is 9.94. The van der Waals surface area contributed by atoms with Crippen LogP contribution in [0.1, 0.15) is 54.6 Å². The molecular formula is C33H37NO6. The predicted molar refractivity (Wildman–Crippen MR) is 156 cm³/mol. The van der Waals surface area contributed by atoms with Gasteiger partial charge in [-0.3, -0.25) is 14.5 Å². The summed E-state index contributed by atoms with van der Waals surface area (Å²) >= 11 is 0. The van der Waals surface area contributed by atoms with Gasteiger partial charge in [-0.05, 0) is 98.3 Å². The average molecular weight is 544 g/mol. The Hall–Kier alpha value is -4.26. The van der Waals surface area contributed by atoms with Gasteiger partial charge in [0.1, 0.15) is 11.5 Å². The number of amides is 1. The van der Waals surface area contributed by atoms with Gasteiger partial charge in [-0.2, -0.15) is 0 Å². The number of nitrogens with zero attached hydrogens (tertiary/aromatic N) is 1. The first-order valence-corrected chi connectivity index (χ1v) is 13.5. The number of ketones is 1. The van der Waals surface area contributed by atoms with E-state index in [1.165, 1.54) is 4.90 Å². The number of aryl methyl sites for hydroxylation is 3. The van der Waals surface area contributed by atoms with E-state index in [1.807, 2.05) is 45.9 Å². The van der Waals surface area contributed by atoms with Crippen molar-refractivity contribution in [2.24, 2.45) is 5.92 Å². The van der Waals surface area contributed by atoms with Crippen molar-refractivity contribution in [2.75, 3.05) is 25.2 Å². The molecule has 7 nitrogen and oxygen atoms in total. The second kappa shape index (κ2) is 11.9. The number of hydrogen-bond donors (Lipinski definition) is 1. The van der Waals surface area contributed by atoms with Gasteiger partial charge in [0.2, 0.25) is 0 Å². The Bertz CT molecular complexity index is 1450. The maximum Gasteiger partial charge on any atom is 0.300 e. The predicted octanol–water partition coefficient (Wildman–Crippen LogP) is 6.68. The summed E-state index contributed by atoms with van der Waals surface area (Å²) in [7, 11) is 1.55. The van der Waals surface area contributed by atoms with Gasteiger partial charge in [-0.1, -0.05) is 26.0 Å². The van der Waals surface area contributed by atoms with Crippen LogP contribution in [-0.2, 0) is 9.59 Å². The largest absolute Gasteiger partial charge is 0.507 e. The van der Waals surface area contributed by atoms with Crippen molar-refractivity contribution in [2.45, 2.75) is 47.6 Å². The van der Waals surface area contributed by atoms with Gasteiger partial charge in [-0.15, -0.1) is 0 Å². The molecule has 210 valence electrons. The third-order valence-corrected chi connectivity index (χ3v) is 6.75. The average Bonchev–Trinajstić information content (AvgIpc) is 3.17. The zero-order valence-electron chi connectivity index (χ0n) is 24.2. The molecule has 1 aliphatic heterocycles. The zero-order valence-corrected chi connectivity index (χ0v) is 24.2. The van der Waals surface area contributed by atoms with Crippen LogP contribution >= 0.6 is 0 Å². The number of methoxy groups -OCH3 is 1. The number of carbonyl (C=O) groups excluding carboxylic acids is 2. The highest BCUT2D eigenvalue weighted by molar-refractivity contribution is 6.51. The standard InChI is InChI=1S/C33H37NO6/c1-8-39-28-17-23(9-12-27(28)38-7)30-29(31(35)24-10-11-26(22(6)16-24)40-18-19(2)3)32(36)33(37)34(30)25-14-20(4)13-21(5)15-25/h9-17,19,30,35H,8,18H2,1-7H3/b31-29-. The molecule has 3 aromatic carbocycles. The third-order valence-electron chi connectivity index (χ3n) is 6.75. The molecular weight excluding hydrogens is 506 g/mol. The minimum absolute atomic E-state index is 0.00650. The van der Waals surface area contributed by atoms with Crippen LogP contribution in [0.3, 0.4) is 0 Å². The van der Waals surface area contributed by atoms with Crippen molar-refractivity contribution >= 4 is 23.1 Å². The lowest BCUT2D eigenvalue weighted by Crippen LogP contribution is -2.29. The number of carbonyl (C=O) groups is 2. The van der Waals surface area contributed by atoms with Crippen LogP contribution in [0.4, 0.5) is 5.69 Å². The maximum absolute atomic E-state index is 13.6. The first-order chi connectivity index (χ1) is 19.0. The van der Waals surface area contributed by atoms with E-state index in [0.717, 1.165) is 16.7 Å². The fourth-order valence-corrected chi connectivity index (χ4v) is 5.01. The van der Waals surface area contributed by atoms with Crippen molar-refractivity contribution in [3.8, 4) is 17.2 Å². The smallest absolute Gasteiger partial charge is 0.300 e. The second-order valence-corrected chi connectivity index (χ2v) is 10.5. The molecule has 4 rings (SSSR count). The van der Waals surface area contributed by atoms with Crippen molar-refractivity contribution in [3.05, 3.63) is 88.0 Å². The van der Waals surface area contributed by atoms with Crippen LogP contribution in [0.25, 0.3) is 5.76 Å². The quantitative estimate of drug-likeness (QED) is 0.184. The van der Waals surface area contributed by atoms with Gasteiger partial charge in [0.15, 0.2) is 11.5 Å². The van der Waals surface area contributed by atoms with Crippen LogP contribution in [-0.4, -0.2) is 37.1 Å². The summed E-state index contributed by atoms with van der Waals surface area (Å²) in [6.45, 7) is 12.7. The summed E-state index contributed by atoms with van der Waals surface area (Å²) in [6, 6.07) is 15.4. The number of rotatable bonds is 9. The van der Waals surface area contributed by atoms with Crippen LogP contribution in [0.2, 0.25) is 0 Å². The molecule has 1 saturated heterocycles. The van der Waals surface area contributed by atoms with Gasteiger partial charge in [0, 0.05) is 11.3 Å². The Kier molecular flexibility index (Phi) is 8.52. The summed E-state index contributed by atoms with van der Waals surface area (Å²) in [6.07, 6.45) is 0. The van der Waals surface area contributed by atoms with E-state index < -0.39 is 17.7 Å². The lowest BCUT2D eigenvalue weighted by Gasteiger charge is -2.27. The molecule has 1 unspecified atom stereocenters. The molecule has 1 N–H and O–H groups in total. The molecule has 1 aliphatic rings. The van der Waals surface area contributed by atoms with Crippen molar-refractivity contribution in [1.29, 1.82) is 0 Å². The number of benzene rings is 3. The molecule has 40 heavy (non-hydrogen) atoms. The molecule has 1 amide bonds. The molecule has 1 atom stereocenters. The number of ether oxygens (including phenoxy) is 3. The van der Waals surface area contributed by atoms with Gasteiger partial charge in [-0.25, -0.2) is 0 Å². The maximum atomic E-state index is 13.6. The Balaban J connectivity index is 1.91. The van der Waals surface area contributed by atoms with Crippen LogP contribution < -0.4 is 19.1 Å². The first kappa shape index (κ1) is 28.7. The molecule has 7 heteroatoms. The third kappa shape index (κ3) is 5.69. The van der Waals surface area contributed by atoms with Crippen molar-refractivity contribution in [1.82, 2.24) is 0 Å². The molecule has 0 bridgehead atoms. The Morgan fingerprint density at radius 3 is 2.17 bits per heavy atom. The Morgan fingerprint density at radius 1 is 0.900 bits per heavy atom. The van der Waals surface area contributed by atoms with Crippen molar-refractivity contribution < 1.29 is 28.9 Å². The number of aliphatic hydroxyl groups excluding tert-OH is 1. The first-order valence-electron chi connectivity index (χ1n) is 13.5. The van der Waals surface area contributed by atoms with E-state index in [-0.39, 0.29) is 11.3 Å². The van der Waals surface area contributed by atoms with E-state index >= 15 is 0 Å². The summed E-state index contributed by atoms with van der Waals surface area (Å²) in [5.74, 6) is 0.362. The van der Waals surface area contributed by atoms with E-state index in [4.69, 9.17) is 14.2 Å². The highest BCUT2D eigenvalue weighted by Gasteiger charge is 2.47. The van der Waals surface area contributed by atoms with Crippen LogP contribution in [0.5, 0.6) is 17.2 Å². The van der Waals surface area contributed by atoms with Crippen LogP contribution in [0, 0.1) is 26.7 Å². The molecule has 0 aliphatic carbocycles. The molecule has 1 fully saturated rings. The van der Waals surface area contributed by atoms with E-state index in [2.05, 4.69) is 13.8 Å². The lowest BCUT2D eigenvalue weighted by molar-refractivity contribution is -0.132. The highest BCUT2D eigenvalue weighted by atomic mass is 16.5. The number of Topliss-reactive ketones (excluding diaryl/α,β-unsaturated/α-hetero) is 1. The van der Waals surface area contributed by atoms with Crippen LogP contribution in [0.15, 0.2) is 60.2 Å². The van der Waals surface area contributed by atoms with Gasteiger partial charge >= 0.3 is 0 Å². The van der Waals surface area contributed by atoms with E-state index in [0.29, 0.717) is 53.2 Å². The van der Waals surface area contributed by atoms with E-state index in [9.17, 15) is 14.7 Å². The Labute approximate surface area is 236 Å². The SMILES string of the molecule is CCOc1cc(C2/C(=C(/O)c3ccc(OCC(C)C)c(C)c3)C(=O)C(=O)N2c2cc(C)cc(C)c2)ccc1OC. The molecule has 0 saturated carbocycles. The fourth-order valence-electron chi connectivity index (χ4n) is 5.01. The summed E-state index contributed by atoms with van der Waals surface area (Å²) in [4.78, 5) is 28.7. The van der Waals surface area contributed by atoms with Crippen molar-refractivity contribution in [3.63, 3.8) is 0 Å².